The number of nitrogens with one attached hydrogen (secondary N) is 2. The first-order valence-corrected chi connectivity index (χ1v) is 8.31. The summed E-state index contributed by atoms with van der Waals surface area (Å²) in [6.07, 6.45) is -3.90. The van der Waals surface area contributed by atoms with Crippen molar-refractivity contribution in [2.24, 2.45) is 0 Å². The Bertz CT molecular complexity index is 943. The van der Waals surface area contributed by atoms with Crippen LogP contribution >= 0.6 is 11.6 Å². The molecule has 2 N–H and O–H groups in total. The molecule has 0 fully saturated rings. The molecule has 3 nitrogen and oxygen atoms in total. The second kappa shape index (κ2) is 7.03. The second-order valence-electron chi connectivity index (χ2n) is 6.18. The molecule has 136 valence electrons. The third kappa shape index (κ3) is 4.38. The van der Waals surface area contributed by atoms with Gasteiger partial charge in [0.05, 0.1) is 13.0 Å². The number of nitrogens with zero attached hydrogens (tertiary/aromatic N) is 1. The third-order valence-corrected chi connectivity index (χ3v) is 4.17. The van der Waals surface area contributed by atoms with E-state index in [2.05, 4.69) is 21.9 Å². The summed E-state index contributed by atoms with van der Waals surface area (Å²) in [6, 6.07) is 8.68. The fraction of sp³-hybridized carbons (Fsp3) is 0.211. The van der Waals surface area contributed by atoms with E-state index in [0.717, 1.165) is 22.3 Å². The number of aromatic amines is 1. The number of aromatic nitrogens is 2. The molecular weight excluding hydrogens is 363 g/mol. The number of halogens is 4. The van der Waals surface area contributed by atoms with Gasteiger partial charge in [-0.25, -0.2) is 0 Å². The summed E-state index contributed by atoms with van der Waals surface area (Å²) in [5.74, 6) is 0. The van der Waals surface area contributed by atoms with Crippen LogP contribution in [0, 0.1) is 0 Å². The number of H-pyrrole nitrogens is 1. The summed E-state index contributed by atoms with van der Waals surface area (Å²) >= 11 is 6.37. The standard InChI is InChI=1S/C19H17ClF3N3/c1-11(2)24-10-15-5-13-6-17(20)16(7-18(13)26-15)12-3-4-14(25-9-12)8-19(21,22)23/h3-7,9,24,26H,1,8,10H2,2H3. The molecule has 3 aromatic rings. The van der Waals surface area contributed by atoms with E-state index in [1.54, 1.807) is 6.07 Å². The Morgan fingerprint density at radius 1 is 1.27 bits per heavy atom. The lowest BCUT2D eigenvalue weighted by Gasteiger charge is -2.08. The summed E-state index contributed by atoms with van der Waals surface area (Å²) in [4.78, 5) is 7.21. The zero-order chi connectivity index (χ0) is 18.9. The molecule has 0 amide bonds. The highest BCUT2D eigenvalue weighted by Crippen LogP contribution is 2.32. The van der Waals surface area contributed by atoms with Crippen molar-refractivity contribution >= 4 is 22.5 Å². The van der Waals surface area contributed by atoms with Gasteiger partial charge in [-0.2, -0.15) is 13.2 Å². The maximum Gasteiger partial charge on any atom is 0.394 e. The van der Waals surface area contributed by atoms with Crippen LogP contribution < -0.4 is 5.32 Å². The van der Waals surface area contributed by atoms with Crippen LogP contribution in [-0.2, 0) is 13.0 Å². The highest BCUT2D eigenvalue weighted by Gasteiger charge is 2.28. The summed E-state index contributed by atoms with van der Waals surface area (Å²) in [5.41, 5.74) is 4.10. The van der Waals surface area contributed by atoms with E-state index in [1.807, 2.05) is 25.1 Å². The zero-order valence-corrected chi connectivity index (χ0v) is 14.8. The summed E-state index contributed by atoms with van der Waals surface area (Å²) in [6.45, 7) is 6.30. The van der Waals surface area contributed by atoms with Gasteiger partial charge in [-0.1, -0.05) is 24.2 Å². The first kappa shape index (κ1) is 18.3. The molecule has 0 aliphatic carbocycles. The molecule has 0 unspecified atom stereocenters. The molecule has 0 bridgehead atoms. The van der Waals surface area contributed by atoms with E-state index in [1.165, 1.54) is 12.3 Å². The summed E-state index contributed by atoms with van der Waals surface area (Å²) in [5, 5.41) is 4.62. The predicted molar refractivity (Wildman–Crippen MR) is 98.0 cm³/mol. The molecule has 0 aliphatic heterocycles. The van der Waals surface area contributed by atoms with Crippen LogP contribution in [0.4, 0.5) is 13.2 Å². The Labute approximate surface area is 153 Å². The maximum atomic E-state index is 12.4. The van der Waals surface area contributed by atoms with Gasteiger partial charge < -0.3 is 10.3 Å². The van der Waals surface area contributed by atoms with E-state index < -0.39 is 12.6 Å². The van der Waals surface area contributed by atoms with Gasteiger partial charge in [0.25, 0.3) is 0 Å². The van der Waals surface area contributed by atoms with Gasteiger partial charge in [-0.05, 0) is 31.2 Å². The molecule has 0 atom stereocenters. The number of benzene rings is 1. The van der Waals surface area contributed by atoms with Crippen molar-refractivity contribution in [3.63, 3.8) is 0 Å². The zero-order valence-electron chi connectivity index (χ0n) is 14.0. The van der Waals surface area contributed by atoms with Crippen LogP contribution in [0.15, 0.2) is 48.8 Å². The van der Waals surface area contributed by atoms with E-state index in [-0.39, 0.29) is 5.69 Å². The molecule has 2 aromatic heterocycles. The molecule has 0 radical (unpaired) electrons. The Kier molecular flexibility index (Phi) is 4.96. The second-order valence-corrected chi connectivity index (χ2v) is 6.59. The van der Waals surface area contributed by atoms with Crippen molar-refractivity contribution in [2.45, 2.75) is 26.1 Å². The predicted octanol–water partition coefficient (Wildman–Crippen LogP) is 5.61. The minimum absolute atomic E-state index is 0.0218. The van der Waals surface area contributed by atoms with Crippen molar-refractivity contribution in [1.29, 1.82) is 0 Å². The molecule has 0 saturated heterocycles. The van der Waals surface area contributed by atoms with Gasteiger partial charge in [0.15, 0.2) is 0 Å². The molecule has 3 rings (SSSR count). The van der Waals surface area contributed by atoms with Crippen molar-refractivity contribution in [3.8, 4) is 11.1 Å². The van der Waals surface area contributed by atoms with Crippen LogP contribution in [0.25, 0.3) is 22.0 Å². The molecule has 2 heterocycles. The Hall–Kier alpha value is -2.47. The molecule has 26 heavy (non-hydrogen) atoms. The van der Waals surface area contributed by atoms with Crippen molar-refractivity contribution in [3.05, 3.63) is 65.2 Å². The normalized spacial score (nSPS) is 11.7. The lowest BCUT2D eigenvalue weighted by Crippen LogP contribution is -2.12. The molecule has 1 aromatic carbocycles. The minimum Gasteiger partial charge on any atom is -0.383 e. The number of hydrogen-bond acceptors (Lipinski definition) is 2. The first-order chi connectivity index (χ1) is 12.2. The molecule has 0 aliphatic rings. The topological polar surface area (TPSA) is 40.7 Å². The highest BCUT2D eigenvalue weighted by molar-refractivity contribution is 6.34. The van der Waals surface area contributed by atoms with Crippen LogP contribution in [0.1, 0.15) is 18.3 Å². The maximum absolute atomic E-state index is 12.4. The Balaban J connectivity index is 1.89. The first-order valence-electron chi connectivity index (χ1n) is 7.94. The summed E-state index contributed by atoms with van der Waals surface area (Å²) in [7, 11) is 0. The summed E-state index contributed by atoms with van der Waals surface area (Å²) < 4.78 is 37.3. The molecule has 0 spiro atoms. The van der Waals surface area contributed by atoms with E-state index in [0.29, 0.717) is 22.7 Å². The van der Waals surface area contributed by atoms with Gasteiger partial charge >= 0.3 is 6.18 Å². The van der Waals surface area contributed by atoms with Crippen LogP contribution in [0.5, 0.6) is 0 Å². The fourth-order valence-corrected chi connectivity index (χ4v) is 2.95. The lowest BCUT2D eigenvalue weighted by molar-refractivity contribution is -0.127. The van der Waals surface area contributed by atoms with Gasteiger partial charge in [0.2, 0.25) is 0 Å². The number of hydrogen-bond donors (Lipinski definition) is 2. The number of allylic oxidation sites excluding steroid dienone is 1. The average Bonchev–Trinajstić information content (AvgIpc) is 2.93. The smallest absolute Gasteiger partial charge is 0.383 e. The lowest BCUT2D eigenvalue weighted by atomic mass is 10.1. The van der Waals surface area contributed by atoms with E-state index in [4.69, 9.17) is 11.6 Å². The number of alkyl halides is 3. The van der Waals surface area contributed by atoms with Gasteiger partial charge in [0, 0.05) is 50.3 Å². The number of pyridine rings is 1. The van der Waals surface area contributed by atoms with Crippen LogP contribution in [0.3, 0.4) is 0 Å². The highest BCUT2D eigenvalue weighted by atomic mass is 35.5. The van der Waals surface area contributed by atoms with Gasteiger partial charge in [0.1, 0.15) is 0 Å². The molecular formula is C19H17ClF3N3. The van der Waals surface area contributed by atoms with Crippen molar-refractivity contribution in [2.75, 3.05) is 0 Å². The van der Waals surface area contributed by atoms with Gasteiger partial charge in [-0.15, -0.1) is 0 Å². The third-order valence-electron chi connectivity index (χ3n) is 3.86. The quantitative estimate of drug-likeness (QED) is 0.604. The van der Waals surface area contributed by atoms with Gasteiger partial charge in [-0.3, -0.25) is 4.98 Å². The number of fused-ring (bicyclic) bond motifs is 1. The monoisotopic (exact) mass is 379 g/mol. The average molecular weight is 380 g/mol. The van der Waals surface area contributed by atoms with E-state index >= 15 is 0 Å². The fourth-order valence-electron chi connectivity index (χ4n) is 2.67. The van der Waals surface area contributed by atoms with Crippen LogP contribution in [-0.4, -0.2) is 16.1 Å². The molecule has 7 heteroatoms. The van der Waals surface area contributed by atoms with Crippen LogP contribution in [0.2, 0.25) is 5.02 Å². The van der Waals surface area contributed by atoms with Crippen molar-refractivity contribution < 1.29 is 13.2 Å². The Morgan fingerprint density at radius 2 is 2.04 bits per heavy atom. The number of rotatable bonds is 5. The van der Waals surface area contributed by atoms with Crippen molar-refractivity contribution in [1.82, 2.24) is 15.3 Å². The molecule has 0 saturated carbocycles. The SMILES string of the molecule is C=C(C)NCc1cc2cc(Cl)c(-c3ccc(CC(F)(F)F)nc3)cc2[nH]1. The largest absolute Gasteiger partial charge is 0.394 e. The van der Waals surface area contributed by atoms with E-state index in [9.17, 15) is 13.2 Å². The Morgan fingerprint density at radius 3 is 2.65 bits per heavy atom. The minimum atomic E-state index is -4.27.